The van der Waals surface area contributed by atoms with Crippen molar-refractivity contribution >= 4 is 11.6 Å². The van der Waals surface area contributed by atoms with Gasteiger partial charge in [0.05, 0.1) is 24.5 Å². The fraction of sp³-hybridized carbons (Fsp3) is 0.318. The molecule has 6 nitrogen and oxygen atoms in total. The molecule has 0 bridgehead atoms. The van der Waals surface area contributed by atoms with Crippen molar-refractivity contribution in [1.29, 1.82) is 0 Å². The molecule has 30 heavy (non-hydrogen) atoms. The van der Waals surface area contributed by atoms with E-state index in [-0.39, 0.29) is 11.6 Å². The number of hydrogen-bond acceptors (Lipinski definition) is 5. The molecule has 0 saturated heterocycles. The van der Waals surface area contributed by atoms with Gasteiger partial charge in [0.2, 0.25) is 11.8 Å². The maximum absolute atomic E-state index is 13.9. The van der Waals surface area contributed by atoms with Gasteiger partial charge in [-0.3, -0.25) is 4.79 Å². The van der Waals surface area contributed by atoms with Gasteiger partial charge < -0.3 is 14.6 Å². The molecule has 1 N–H and O–H groups in total. The van der Waals surface area contributed by atoms with E-state index in [9.17, 15) is 13.6 Å². The zero-order valence-corrected chi connectivity index (χ0v) is 17.0. The van der Waals surface area contributed by atoms with Crippen molar-refractivity contribution in [2.75, 3.05) is 19.1 Å². The van der Waals surface area contributed by atoms with E-state index < -0.39 is 12.5 Å². The summed E-state index contributed by atoms with van der Waals surface area (Å²) in [5.41, 5.74) is 2.26. The Hall–Kier alpha value is -3.29. The molecule has 0 radical (unpaired) electrons. The largest absolute Gasteiger partial charge is 0.481 e. The molecular formula is C22H24F2N4O2. The topological polar surface area (TPSA) is 69.0 Å². The molecule has 3 heterocycles. The molecule has 0 amide bonds. The van der Waals surface area contributed by atoms with Crippen LogP contribution in [-0.2, 0) is 12.8 Å². The van der Waals surface area contributed by atoms with Gasteiger partial charge in [0.15, 0.2) is 0 Å². The lowest BCUT2D eigenvalue weighted by atomic mass is 10.0. The molecule has 0 aliphatic carbocycles. The summed E-state index contributed by atoms with van der Waals surface area (Å²) in [6, 6.07) is 4.60. The Labute approximate surface area is 173 Å². The van der Waals surface area contributed by atoms with Gasteiger partial charge in [-0.15, -0.1) is 0 Å². The second-order valence-electron chi connectivity index (χ2n) is 6.75. The van der Waals surface area contributed by atoms with Crippen LogP contribution in [-0.4, -0.2) is 28.3 Å². The van der Waals surface area contributed by atoms with Crippen LogP contribution in [0.5, 0.6) is 5.88 Å². The molecule has 0 spiro atoms. The second-order valence-corrected chi connectivity index (χ2v) is 6.75. The number of fused-ring (bicyclic) bond motifs is 1. The summed E-state index contributed by atoms with van der Waals surface area (Å²) in [5.74, 6) is 0.231. The van der Waals surface area contributed by atoms with Crippen molar-refractivity contribution < 1.29 is 13.5 Å². The normalized spacial score (nSPS) is 16.3. The van der Waals surface area contributed by atoms with E-state index in [4.69, 9.17) is 4.74 Å². The zero-order chi connectivity index (χ0) is 21.7. The number of nitrogens with one attached hydrogen (secondary N) is 1. The number of aryl methyl sites for hydroxylation is 2. The van der Waals surface area contributed by atoms with Gasteiger partial charge in [0, 0.05) is 17.8 Å². The van der Waals surface area contributed by atoms with Crippen molar-refractivity contribution in [3.8, 4) is 5.88 Å². The maximum atomic E-state index is 13.9. The van der Waals surface area contributed by atoms with Crippen LogP contribution < -0.4 is 15.6 Å². The predicted octanol–water partition coefficient (Wildman–Crippen LogP) is 4.38. The van der Waals surface area contributed by atoms with Crippen LogP contribution in [0, 0.1) is 0 Å². The third-order valence-corrected chi connectivity index (χ3v) is 4.97. The Morgan fingerprint density at radius 3 is 2.90 bits per heavy atom. The SMILES string of the molecule is C=C/C(F)=C\C(=C/CF)C1CCc2cc(=O)nc(Nc3ccc(OC)nc3CC)n21. The van der Waals surface area contributed by atoms with E-state index in [0.29, 0.717) is 42.4 Å². The lowest BCUT2D eigenvalue weighted by Crippen LogP contribution is -2.20. The monoisotopic (exact) mass is 414 g/mol. The van der Waals surface area contributed by atoms with Crippen LogP contribution in [0.15, 0.2) is 59.2 Å². The average Bonchev–Trinajstić information content (AvgIpc) is 3.17. The van der Waals surface area contributed by atoms with Crippen LogP contribution >= 0.6 is 0 Å². The van der Waals surface area contributed by atoms with Crippen molar-refractivity contribution in [3.63, 3.8) is 0 Å². The lowest BCUT2D eigenvalue weighted by Gasteiger charge is -2.21. The average molecular weight is 414 g/mol. The molecule has 2 aromatic rings. The van der Waals surface area contributed by atoms with E-state index in [1.165, 1.54) is 18.2 Å². The molecule has 1 atom stereocenters. The fourth-order valence-electron chi connectivity index (χ4n) is 3.59. The Bertz CT molecular complexity index is 1060. The summed E-state index contributed by atoms with van der Waals surface area (Å²) < 4.78 is 34.0. The molecule has 1 aliphatic heterocycles. The summed E-state index contributed by atoms with van der Waals surface area (Å²) in [4.78, 5) is 20.7. The fourth-order valence-corrected chi connectivity index (χ4v) is 3.59. The molecule has 0 fully saturated rings. The van der Waals surface area contributed by atoms with Crippen LogP contribution in [0.1, 0.15) is 30.8 Å². The highest BCUT2D eigenvalue weighted by atomic mass is 19.1. The Morgan fingerprint density at radius 1 is 1.43 bits per heavy atom. The Morgan fingerprint density at radius 2 is 2.23 bits per heavy atom. The number of aromatic nitrogens is 3. The highest BCUT2D eigenvalue weighted by molar-refractivity contribution is 5.58. The highest BCUT2D eigenvalue weighted by Crippen LogP contribution is 2.36. The van der Waals surface area contributed by atoms with Crippen molar-refractivity contribution in [1.82, 2.24) is 14.5 Å². The maximum Gasteiger partial charge on any atom is 0.274 e. The van der Waals surface area contributed by atoms with Crippen LogP contribution in [0.3, 0.4) is 0 Å². The minimum atomic E-state index is -0.735. The summed E-state index contributed by atoms with van der Waals surface area (Å²) in [7, 11) is 1.54. The van der Waals surface area contributed by atoms with Crippen molar-refractivity contribution in [3.05, 3.63) is 76.1 Å². The van der Waals surface area contributed by atoms with Gasteiger partial charge in [-0.2, -0.15) is 4.98 Å². The standard InChI is InChI=1S/C22H24F2N4O2/c1-4-15(24)12-14(10-11-23)19-8-6-16-13-20(29)27-22(28(16)19)26-18-7-9-21(30-3)25-17(18)5-2/h4,7,9-10,12-13,19H,1,5-6,8,11H2,2-3H3,(H,26,27,29)/b14-10+,15-12+. The van der Waals surface area contributed by atoms with Crippen molar-refractivity contribution in [2.24, 2.45) is 0 Å². The zero-order valence-electron chi connectivity index (χ0n) is 17.0. The van der Waals surface area contributed by atoms with E-state index >= 15 is 0 Å². The smallest absolute Gasteiger partial charge is 0.274 e. The lowest BCUT2D eigenvalue weighted by molar-refractivity contribution is 0.396. The number of methoxy groups -OCH3 is 1. The molecule has 2 aromatic heterocycles. The number of nitrogens with zero attached hydrogens (tertiary/aromatic N) is 3. The van der Waals surface area contributed by atoms with E-state index in [1.807, 2.05) is 11.5 Å². The van der Waals surface area contributed by atoms with Gasteiger partial charge in [0.1, 0.15) is 12.5 Å². The number of ether oxygens (including phenoxy) is 1. The summed E-state index contributed by atoms with van der Waals surface area (Å²) in [6.07, 6.45) is 5.48. The number of alkyl halides is 1. The molecular weight excluding hydrogens is 390 g/mol. The summed E-state index contributed by atoms with van der Waals surface area (Å²) >= 11 is 0. The molecule has 1 aliphatic rings. The number of hydrogen-bond donors (Lipinski definition) is 1. The van der Waals surface area contributed by atoms with Crippen LogP contribution in [0.2, 0.25) is 0 Å². The van der Waals surface area contributed by atoms with E-state index in [2.05, 4.69) is 21.9 Å². The minimum absolute atomic E-state index is 0.304. The second kappa shape index (κ2) is 9.47. The first-order valence-corrected chi connectivity index (χ1v) is 9.69. The van der Waals surface area contributed by atoms with Gasteiger partial charge in [0.25, 0.3) is 5.56 Å². The molecule has 0 aromatic carbocycles. The highest BCUT2D eigenvalue weighted by Gasteiger charge is 2.28. The number of halogens is 2. The van der Waals surface area contributed by atoms with Gasteiger partial charge >= 0.3 is 0 Å². The first-order chi connectivity index (χ1) is 14.5. The van der Waals surface area contributed by atoms with E-state index in [0.717, 1.165) is 17.5 Å². The summed E-state index contributed by atoms with van der Waals surface area (Å²) in [5, 5.41) is 3.19. The number of rotatable bonds is 8. The first-order valence-electron chi connectivity index (χ1n) is 9.69. The summed E-state index contributed by atoms with van der Waals surface area (Å²) in [6.45, 7) is 4.63. The minimum Gasteiger partial charge on any atom is -0.481 e. The van der Waals surface area contributed by atoms with Gasteiger partial charge in [-0.1, -0.05) is 13.5 Å². The Balaban J connectivity index is 2.08. The predicted molar refractivity (Wildman–Crippen MR) is 113 cm³/mol. The van der Waals surface area contributed by atoms with Crippen LogP contribution in [0.4, 0.5) is 20.4 Å². The molecule has 1 unspecified atom stereocenters. The molecule has 8 heteroatoms. The molecule has 3 rings (SSSR count). The molecule has 158 valence electrons. The number of pyridine rings is 1. The third-order valence-electron chi connectivity index (χ3n) is 4.97. The first kappa shape index (κ1) is 21.4. The van der Waals surface area contributed by atoms with Gasteiger partial charge in [-0.05, 0) is 49.1 Å². The number of anilines is 2. The Kier molecular flexibility index (Phi) is 6.76. The van der Waals surface area contributed by atoms with Gasteiger partial charge in [-0.25, -0.2) is 13.8 Å². The van der Waals surface area contributed by atoms with Crippen molar-refractivity contribution in [2.45, 2.75) is 32.2 Å². The number of allylic oxidation sites excluding steroid dienone is 5. The third kappa shape index (κ3) is 4.48. The molecule has 0 saturated carbocycles. The van der Waals surface area contributed by atoms with Crippen LogP contribution in [0.25, 0.3) is 0 Å². The van der Waals surface area contributed by atoms with E-state index in [1.54, 1.807) is 19.2 Å². The quantitative estimate of drug-likeness (QED) is 0.650.